The van der Waals surface area contributed by atoms with Crippen molar-refractivity contribution in [3.8, 4) is 0 Å². The molecule has 128 valence electrons. The average Bonchev–Trinajstić information content (AvgIpc) is 2.57. The largest absolute Gasteiger partial charge is 0.344 e. The Bertz CT molecular complexity index is 1030. The molecule has 0 bridgehead atoms. The lowest BCUT2D eigenvalue weighted by Gasteiger charge is -2.17. The summed E-state index contributed by atoms with van der Waals surface area (Å²) in [5, 5.41) is 3.96. The van der Waals surface area contributed by atoms with Crippen LogP contribution in [0.4, 0.5) is 5.69 Å². The van der Waals surface area contributed by atoms with Crippen LogP contribution in [0.3, 0.4) is 0 Å². The Morgan fingerprint density at radius 3 is 2.52 bits per heavy atom. The van der Waals surface area contributed by atoms with Gasteiger partial charge in [-0.15, -0.1) is 0 Å². The van der Waals surface area contributed by atoms with Crippen LogP contribution in [-0.2, 0) is 0 Å². The van der Waals surface area contributed by atoms with E-state index >= 15 is 0 Å². The number of para-hydroxylation sites is 1. The third kappa shape index (κ3) is 3.41. The van der Waals surface area contributed by atoms with Gasteiger partial charge in [0.15, 0.2) is 0 Å². The Kier molecular flexibility index (Phi) is 4.84. The van der Waals surface area contributed by atoms with Gasteiger partial charge in [-0.1, -0.05) is 35.3 Å². The molecule has 0 spiro atoms. The van der Waals surface area contributed by atoms with Gasteiger partial charge in [0.05, 0.1) is 16.2 Å². The van der Waals surface area contributed by atoms with Crippen LogP contribution in [0.1, 0.15) is 30.2 Å². The summed E-state index contributed by atoms with van der Waals surface area (Å²) in [4.78, 5) is 25.5. The molecule has 0 aliphatic rings. The number of nitrogens with zero attached hydrogens (tertiary/aromatic N) is 1. The maximum absolute atomic E-state index is 12.8. The van der Waals surface area contributed by atoms with Crippen molar-refractivity contribution in [2.24, 2.45) is 0 Å². The Morgan fingerprint density at radius 2 is 1.84 bits per heavy atom. The highest BCUT2D eigenvalue weighted by Crippen LogP contribution is 2.23. The summed E-state index contributed by atoms with van der Waals surface area (Å²) < 4.78 is 1.88. The lowest BCUT2D eigenvalue weighted by atomic mass is 10.1. The van der Waals surface area contributed by atoms with Crippen molar-refractivity contribution < 1.29 is 4.79 Å². The van der Waals surface area contributed by atoms with E-state index in [1.165, 1.54) is 0 Å². The fraction of sp³-hybridized carbons (Fsp3) is 0.158. The van der Waals surface area contributed by atoms with Crippen molar-refractivity contribution in [2.75, 3.05) is 5.32 Å². The number of carbonyl (C=O) groups is 1. The van der Waals surface area contributed by atoms with E-state index in [9.17, 15) is 9.59 Å². The molecule has 3 aromatic rings. The van der Waals surface area contributed by atoms with Crippen molar-refractivity contribution in [1.82, 2.24) is 4.57 Å². The van der Waals surface area contributed by atoms with Crippen molar-refractivity contribution in [2.45, 2.75) is 19.9 Å². The molecule has 1 amide bonds. The fourth-order valence-corrected chi connectivity index (χ4v) is 3.02. The first-order chi connectivity index (χ1) is 11.9. The van der Waals surface area contributed by atoms with Crippen LogP contribution < -0.4 is 10.7 Å². The highest BCUT2D eigenvalue weighted by atomic mass is 35.5. The van der Waals surface area contributed by atoms with Crippen molar-refractivity contribution >= 4 is 45.7 Å². The normalized spacial score (nSPS) is 11.1. The third-order valence-electron chi connectivity index (χ3n) is 3.92. The van der Waals surface area contributed by atoms with E-state index < -0.39 is 5.91 Å². The lowest BCUT2D eigenvalue weighted by molar-refractivity contribution is 0.102. The van der Waals surface area contributed by atoms with E-state index in [1.54, 1.807) is 48.7 Å². The standard InChI is InChI=1S/C19H16Cl2N2O2/c1-11(2)23-10-14(18(24)13-9-12(20)7-8-17(13)23)19(25)22-16-6-4-3-5-15(16)21/h3-11H,1-2H3,(H,22,25). The Hall–Kier alpha value is -2.30. The van der Waals surface area contributed by atoms with Gasteiger partial charge in [-0.25, -0.2) is 0 Å². The number of carbonyl (C=O) groups excluding carboxylic acids is 1. The van der Waals surface area contributed by atoms with Gasteiger partial charge in [-0.3, -0.25) is 9.59 Å². The lowest BCUT2D eigenvalue weighted by Crippen LogP contribution is -2.24. The number of anilines is 1. The second kappa shape index (κ2) is 6.90. The first-order valence-corrected chi connectivity index (χ1v) is 8.54. The van der Waals surface area contributed by atoms with Crippen LogP contribution in [0.2, 0.25) is 10.0 Å². The van der Waals surface area contributed by atoms with Crippen molar-refractivity contribution in [1.29, 1.82) is 0 Å². The van der Waals surface area contributed by atoms with Crippen LogP contribution >= 0.6 is 23.2 Å². The van der Waals surface area contributed by atoms with Crippen molar-refractivity contribution in [3.05, 3.63) is 74.5 Å². The summed E-state index contributed by atoms with van der Waals surface area (Å²) in [5.41, 5.74) is 0.872. The van der Waals surface area contributed by atoms with Crippen LogP contribution in [0.25, 0.3) is 10.9 Å². The molecule has 6 heteroatoms. The van der Waals surface area contributed by atoms with Gasteiger partial charge in [0.2, 0.25) is 5.43 Å². The predicted molar refractivity (Wildman–Crippen MR) is 103 cm³/mol. The topological polar surface area (TPSA) is 51.1 Å². The Balaban J connectivity index is 2.16. The van der Waals surface area contributed by atoms with Crippen LogP contribution in [0.5, 0.6) is 0 Å². The van der Waals surface area contributed by atoms with Crippen molar-refractivity contribution in [3.63, 3.8) is 0 Å². The van der Waals surface area contributed by atoms with E-state index in [0.29, 0.717) is 21.1 Å². The SMILES string of the molecule is CC(C)n1cc(C(=O)Nc2ccccc2Cl)c(=O)c2cc(Cl)ccc21. The summed E-state index contributed by atoms with van der Waals surface area (Å²) in [6, 6.07) is 12.0. The third-order valence-corrected chi connectivity index (χ3v) is 4.48. The van der Waals surface area contributed by atoms with E-state index in [1.807, 2.05) is 18.4 Å². The molecule has 4 nitrogen and oxygen atoms in total. The molecule has 0 saturated carbocycles. The minimum absolute atomic E-state index is 0.0448. The maximum Gasteiger partial charge on any atom is 0.261 e. The zero-order chi connectivity index (χ0) is 18.1. The molecule has 25 heavy (non-hydrogen) atoms. The van der Waals surface area contributed by atoms with E-state index in [2.05, 4.69) is 5.32 Å². The molecule has 1 heterocycles. The molecule has 1 aromatic heterocycles. The Morgan fingerprint density at radius 1 is 1.12 bits per heavy atom. The first-order valence-electron chi connectivity index (χ1n) is 7.78. The molecule has 2 aromatic carbocycles. The maximum atomic E-state index is 12.8. The quantitative estimate of drug-likeness (QED) is 0.689. The molecule has 0 saturated heterocycles. The predicted octanol–water partition coefficient (Wildman–Crippen LogP) is 5.14. The summed E-state index contributed by atoms with van der Waals surface area (Å²) >= 11 is 12.1. The number of nitrogens with one attached hydrogen (secondary N) is 1. The number of halogens is 2. The number of aromatic nitrogens is 1. The number of hydrogen-bond donors (Lipinski definition) is 1. The molecule has 3 rings (SSSR count). The zero-order valence-corrected chi connectivity index (χ0v) is 15.2. The van der Waals surface area contributed by atoms with Gasteiger partial charge in [-0.05, 0) is 44.2 Å². The van der Waals surface area contributed by atoms with E-state index in [0.717, 1.165) is 5.52 Å². The molecule has 0 aliphatic heterocycles. The second-order valence-corrected chi connectivity index (χ2v) is 6.81. The first kappa shape index (κ1) is 17.5. The number of amides is 1. The van der Waals surface area contributed by atoms with Gasteiger partial charge in [0, 0.05) is 22.6 Å². The molecule has 0 fully saturated rings. The summed E-state index contributed by atoms with van der Waals surface area (Å²) in [6.07, 6.45) is 1.58. The minimum atomic E-state index is -0.505. The molecule has 0 aliphatic carbocycles. The number of fused-ring (bicyclic) bond motifs is 1. The second-order valence-electron chi connectivity index (χ2n) is 5.97. The molecule has 1 N–H and O–H groups in total. The minimum Gasteiger partial charge on any atom is -0.344 e. The molecule has 0 atom stereocenters. The van der Waals surface area contributed by atoms with E-state index in [4.69, 9.17) is 23.2 Å². The molecule has 0 unspecified atom stereocenters. The van der Waals surface area contributed by atoms with Crippen LogP contribution in [0, 0.1) is 0 Å². The summed E-state index contributed by atoms with van der Waals surface area (Å²) in [5.74, 6) is -0.505. The van der Waals surface area contributed by atoms with Crippen LogP contribution in [-0.4, -0.2) is 10.5 Å². The van der Waals surface area contributed by atoms with Gasteiger partial charge in [-0.2, -0.15) is 0 Å². The van der Waals surface area contributed by atoms with Gasteiger partial charge in [0.25, 0.3) is 5.91 Å². The van der Waals surface area contributed by atoms with Gasteiger partial charge in [0.1, 0.15) is 5.56 Å². The number of benzene rings is 2. The fourth-order valence-electron chi connectivity index (χ4n) is 2.67. The van der Waals surface area contributed by atoms with Crippen LogP contribution in [0.15, 0.2) is 53.5 Å². The van der Waals surface area contributed by atoms with Gasteiger partial charge >= 0.3 is 0 Å². The monoisotopic (exact) mass is 374 g/mol. The summed E-state index contributed by atoms with van der Waals surface area (Å²) in [6.45, 7) is 3.96. The summed E-state index contributed by atoms with van der Waals surface area (Å²) in [7, 11) is 0. The number of pyridine rings is 1. The van der Waals surface area contributed by atoms with E-state index in [-0.39, 0.29) is 17.0 Å². The number of rotatable bonds is 3. The molecule has 0 radical (unpaired) electrons. The van der Waals surface area contributed by atoms with Gasteiger partial charge < -0.3 is 9.88 Å². The smallest absolute Gasteiger partial charge is 0.261 e. The highest BCUT2D eigenvalue weighted by molar-refractivity contribution is 6.34. The molecular weight excluding hydrogens is 359 g/mol. The Labute approximate surface area is 155 Å². The zero-order valence-electron chi connectivity index (χ0n) is 13.7. The molecular formula is C19H16Cl2N2O2. The average molecular weight is 375 g/mol. The number of hydrogen-bond acceptors (Lipinski definition) is 2. The highest BCUT2D eigenvalue weighted by Gasteiger charge is 2.17.